The number of hydrogen-bond acceptors (Lipinski definition) is 2. The number of rotatable bonds is 6. The molecule has 118 valence electrons. The highest BCUT2D eigenvalue weighted by molar-refractivity contribution is 5.29. The van der Waals surface area contributed by atoms with Gasteiger partial charge in [-0.3, -0.25) is 4.90 Å². The summed E-state index contributed by atoms with van der Waals surface area (Å²) in [5.41, 5.74) is 4.28. The van der Waals surface area contributed by atoms with Gasteiger partial charge in [-0.2, -0.15) is 0 Å². The third-order valence-corrected chi connectivity index (χ3v) is 4.64. The van der Waals surface area contributed by atoms with Crippen molar-refractivity contribution >= 4 is 0 Å². The summed E-state index contributed by atoms with van der Waals surface area (Å²) in [6.07, 6.45) is 4.08. The number of hydrogen-bond donors (Lipinski definition) is 1. The zero-order chi connectivity index (χ0) is 15.2. The van der Waals surface area contributed by atoms with Crippen LogP contribution in [0.5, 0.6) is 0 Å². The van der Waals surface area contributed by atoms with E-state index in [9.17, 15) is 0 Å². The standard InChI is InChI=1S/C19H32N2/c1-15(2)12-20-13-19-7-5-6-10-21(19)14-18-9-8-16(3)17(4)11-18/h8-9,11,15,19-20H,5-7,10,12-14H2,1-4H3. The van der Waals surface area contributed by atoms with Gasteiger partial charge in [-0.1, -0.05) is 38.5 Å². The molecule has 1 saturated heterocycles. The number of benzene rings is 1. The van der Waals surface area contributed by atoms with Gasteiger partial charge in [0.15, 0.2) is 0 Å². The van der Waals surface area contributed by atoms with E-state index in [1.54, 1.807) is 0 Å². The first-order valence-corrected chi connectivity index (χ1v) is 8.57. The molecule has 0 saturated carbocycles. The summed E-state index contributed by atoms with van der Waals surface area (Å²) in [6, 6.07) is 7.64. The minimum absolute atomic E-state index is 0.708. The second-order valence-corrected chi connectivity index (χ2v) is 7.09. The minimum Gasteiger partial charge on any atom is -0.315 e. The van der Waals surface area contributed by atoms with Crippen molar-refractivity contribution in [1.29, 1.82) is 0 Å². The molecule has 0 bridgehead atoms. The van der Waals surface area contributed by atoms with E-state index < -0.39 is 0 Å². The third kappa shape index (κ3) is 5.12. The van der Waals surface area contributed by atoms with Gasteiger partial charge in [-0.25, -0.2) is 0 Å². The Kier molecular flexibility index (Phi) is 6.25. The Hall–Kier alpha value is -0.860. The first-order valence-electron chi connectivity index (χ1n) is 8.57. The fourth-order valence-corrected chi connectivity index (χ4v) is 3.17. The Morgan fingerprint density at radius 3 is 2.71 bits per heavy atom. The number of nitrogens with zero attached hydrogens (tertiary/aromatic N) is 1. The summed E-state index contributed by atoms with van der Waals surface area (Å²) in [6.45, 7) is 13.6. The van der Waals surface area contributed by atoms with Gasteiger partial charge >= 0.3 is 0 Å². The van der Waals surface area contributed by atoms with E-state index in [1.165, 1.54) is 42.5 Å². The minimum atomic E-state index is 0.708. The smallest absolute Gasteiger partial charge is 0.0237 e. The normalized spacial score (nSPS) is 20.1. The van der Waals surface area contributed by atoms with Gasteiger partial charge < -0.3 is 5.32 Å². The molecule has 0 amide bonds. The molecule has 2 rings (SSSR count). The number of nitrogens with one attached hydrogen (secondary N) is 1. The van der Waals surface area contributed by atoms with E-state index in [0.29, 0.717) is 6.04 Å². The molecule has 1 N–H and O–H groups in total. The van der Waals surface area contributed by atoms with E-state index in [1.807, 2.05) is 0 Å². The molecule has 1 aromatic rings. The van der Waals surface area contributed by atoms with Crippen molar-refractivity contribution in [2.24, 2.45) is 5.92 Å². The predicted octanol–water partition coefficient (Wildman–Crippen LogP) is 3.90. The van der Waals surface area contributed by atoms with Crippen molar-refractivity contribution in [3.63, 3.8) is 0 Å². The maximum absolute atomic E-state index is 3.65. The summed E-state index contributed by atoms with van der Waals surface area (Å²) < 4.78 is 0. The van der Waals surface area contributed by atoms with E-state index in [0.717, 1.165) is 25.6 Å². The molecular formula is C19H32N2. The Labute approximate surface area is 130 Å². The Morgan fingerprint density at radius 1 is 1.19 bits per heavy atom. The van der Waals surface area contributed by atoms with Gasteiger partial charge in [0, 0.05) is 19.1 Å². The largest absolute Gasteiger partial charge is 0.315 e. The Bertz CT molecular complexity index is 439. The first-order chi connectivity index (χ1) is 10.1. The van der Waals surface area contributed by atoms with Crippen molar-refractivity contribution < 1.29 is 0 Å². The lowest BCUT2D eigenvalue weighted by atomic mass is 9.99. The van der Waals surface area contributed by atoms with Crippen LogP contribution in [0.15, 0.2) is 18.2 Å². The van der Waals surface area contributed by atoms with Gasteiger partial charge in [0.05, 0.1) is 0 Å². The average Bonchev–Trinajstić information content (AvgIpc) is 2.44. The quantitative estimate of drug-likeness (QED) is 0.854. The summed E-state index contributed by atoms with van der Waals surface area (Å²) >= 11 is 0. The van der Waals surface area contributed by atoms with E-state index in [2.05, 4.69) is 56.1 Å². The van der Waals surface area contributed by atoms with Crippen LogP contribution in [0.1, 0.15) is 49.8 Å². The van der Waals surface area contributed by atoms with Crippen LogP contribution in [0.25, 0.3) is 0 Å². The van der Waals surface area contributed by atoms with Crippen molar-refractivity contribution in [3.05, 3.63) is 34.9 Å². The molecule has 1 unspecified atom stereocenters. The topological polar surface area (TPSA) is 15.3 Å². The molecule has 1 aliphatic heterocycles. The zero-order valence-electron chi connectivity index (χ0n) is 14.3. The highest BCUT2D eigenvalue weighted by atomic mass is 15.2. The van der Waals surface area contributed by atoms with E-state index in [4.69, 9.17) is 0 Å². The predicted molar refractivity (Wildman–Crippen MR) is 91.7 cm³/mol. The van der Waals surface area contributed by atoms with Crippen molar-refractivity contribution in [2.45, 2.75) is 59.5 Å². The lowest BCUT2D eigenvalue weighted by Crippen LogP contribution is -2.45. The second kappa shape index (κ2) is 7.95. The van der Waals surface area contributed by atoms with Crippen LogP contribution in [0.3, 0.4) is 0 Å². The van der Waals surface area contributed by atoms with Crippen molar-refractivity contribution in [1.82, 2.24) is 10.2 Å². The summed E-state index contributed by atoms with van der Waals surface area (Å²) in [5, 5.41) is 3.65. The van der Waals surface area contributed by atoms with Crippen LogP contribution >= 0.6 is 0 Å². The van der Waals surface area contributed by atoms with Gasteiger partial charge in [0.1, 0.15) is 0 Å². The lowest BCUT2D eigenvalue weighted by molar-refractivity contribution is 0.137. The van der Waals surface area contributed by atoms with Gasteiger partial charge in [-0.15, -0.1) is 0 Å². The molecule has 0 aliphatic carbocycles. The monoisotopic (exact) mass is 288 g/mol. The lowest BCUT2D eigenvalue weighted by Gasteiger charge is -2.36. The van der Waals surface area contributed by atoms with E-state index in [-0.39, 0.29) is 0 Å². The number of piperidine rings is 1. The molecule has 1 heterocycles. The molecular weight excluding hydrogens is 256 g/mol. The highest BCUT2D eigenvalue weighted by Crippen LogP contribution is 2.20. The molecule has 21 heavy (non-hydrogen) atoms. The number of likely N-dealkylation sites (tertiary alicyclic amines) is 1. The molecule has 0 aromatic heterocycles. The van der Waals surface area contributed by atoms with Crippen LogP contribution in [-0.2, 0) is 6.54 Å². The zero-order valence-corrected chi connectivity index (χ0v) is 14.3. The van der Waals surface area contributed by atoms with Crippen molar-refractivity contribution in [3.8, 4) is 0 Å². The van der Waals surface area contributed by atoms with Gasteiger partial charge in [0.2, 0.25) is 0 Å². The Morgan fingerprint density at radius 2 is 2.00 bits per heavy atom. The third-order valence-electron chi connectivity index (χ3n) is 4.64. The van der Waals surface area contributed by atoms with E-state index >= 15 is 0 Å². The summed E-state index contributed by atoms with van der Waals surface area (Å²) in [4.78, 5) is 2.68. The number of aryl methyl sites for hydroxylation is 2. The second-order valence-electron chi connectivity index (χ2n) is 7.09. The maximum Gasteiger partial charge on any atom is 0.0237 e. The summed E-state index contributed by atoms with van der Waals surface area (Å²) in [7, 11) is 0. The van der Waals surface area contributed by atoms with Crippen LogP contribution < -0.4 is 5.32 Å². The SMILES string of the molecule is Cc1ccc(CN2CCCCC2CNCC(C)C)cc1C. The van der Waals surface area contributed by atoms with Gasteiger partial charge in [-0.05, 0) is 62.4 Å². The van der Waals surface area contributed by atoms with Crippen LogP contribution in [0, 0.1) is 19.8 Å². The van der Waals surface area contributed by atoms with Crippen LogP contribution in [0.2, 0.25) is 0 Å². The first kappa shape index (κ1) is 16.5. The molecule has 0 radical (unpaired) electrons. The fourth-order valence-electron chi connectivity index (χ4n) is 3.17. The molecule has 0 spiro atoms. The average molecular weight is 288 g/mol. The molecule has 2 heteroatoms. The Balaban J connectivity index is 1.93. The molecule has 1 atom stereocenters. The van der Waals surface area contributed by atoms with Gasteiger partial charge in [0.25, 0.3) is 0 Å². The fraction of sp³-hybridized carbons (Fsp3) is 0.684. The van der Waals surface area contributed by atoms with Crippen LogP contribution in [-0.4, -0.2) is 30.6 Å². The molecule has 1 fully saturated rings. The molecule has 1 aromatic carbocycles. The van der Waals surface area contributed by atoms with Crippen molar-refractivity contribution in [2.75, 3.05) is 19.6 Å². The van der Waals surface area contributed by atoms with Crippen LogP contribution in [0.4, 0.5) is 0 Å². The maximum atomic E-state index is 3.65. The molecule has 2 nitrogen and oxygen atoms in total. The molecule has 1 aliphatic rings. The highest BCUT2D eigenvalue weighted by Gasteiger charge is 2.22. The summed E-state index contributed by atoms with van der Waals surface area (Å²) in [5.74, 6) is 0.738.